The van der Waals surface area contributed by atoms with Crippen molar-refractivity contribution in [3.8, 4) is 0 Å². The lowest BCUT2D eigenvalue weighted by Crippen LogP contribution is -2.34. The Balaban J connectivity index is 2.02. The van der Waals surface area contributed by atoms with E-state index in [4.69, 9.17) is 4.52 Å². The molecule has 0 bridgehead atoms. The zero-order valence-corrected chi connectivity index (χ0v) is 9.02. The molecule has 2 amide bonds. The predicted molar refractivity (Wildman–Crippen MR) is 54.3 cm³/mol. The minimum absolute atomic E-state index is 0.0651. The van der Waals surface area contributed by atoms with Crippen LogP contribution in [0.15, 0.2) is 10.6 Å². The Morgan fingerprint density at radius 2 is 2.38 bits per heavy atom. The Labute approximate surface area is 92.6 Å². The zero-order chi connectivity index (χ0) is 11.5. The summed E-state index contributed by atoms with van der Waals surface area (Å²) in [6.45, 7) is 2.68. The molecular formula is C10H13N3O3. The van der Waals surface area contributed by atoms with Crippen molar-refractivity contribution >= 4 is 11.8 Å². The SMILES string of the molecule is Cc1cc(CN2CCC(=O)NCC2=O)no1. The van der Waals surface area contributed by atoms with Crippen LogP contribution >= 0.6 is 0 Å². The molecule has 0 atom stereocenters. The lowest BCUT2D eigenvalue weighted by atomic mass is 10.3. The van der Waals surface area contributed by atoms with E-state index < -0.39 is 0 Å². The van der Waals surface area contributed by atoms with Gasteiger partial charge in [-0.25, -0.2) is 0 Å². The van der Waals surface area contributed by atoms with E-state index in [1.54, 1.807) is 17.9 Å². The summed E-state index contributed by atoms with van der Waals surface area (Å²) in [6, 6.07) is 1.79. The monoisotopic (exact) mass is 223 g/mol. The largest absolute Gasteiger partial charge is 0.361 e. The molecule has 0 aliphatic carbocycles. The molecule has 1 saturated heterocycles. The molecule has 0 spiro atoms. The minimum Gasteiger partial charge on any atom is -0.361 e. The summed E-state index contributed by atoms with van der Waals surface area (Å²) in [7, 11) is 0. The standard InChI is InChI=1S/C10H13N3O3/c1-7-4-8(12-16-7)6-13-3-2-9(14)11-5-10(13)15/h4H,2-3,5-6H2,1H3,(H,11,14). The van der Waals surface area contributed by atoms with Gasteiger partial charge in [-0.3, -0.25) is 9.59 Å². The maximum absolute atomic E-state index is 11.6. The Hall–Kier alpha value is -1.85. The number of carbonyl (C=O) groups is 2. The van der Waals surface area contributed by atoms with Crippen LogP contribution < -0.4 is 5.32 Å². The minimum atomic E-state index is -0.0912. The van der Waals surface area contributed by atoms with Gasteiger partial charge in [0.15, 0.2) is 0 Å². The number of carbonyl (C=O) groups excluding carboxylic acids is 2. The molecule has 2 rings (SSSR count). The topological polar surface area (TPSA) is 75.4 Å². The number of hydrogen-bond acceptors (Lipinski definition) is 4. The van der Waals surface area contributed by atoms with Gasteiger partial charge in [-0.1, -0.05) is 5.16 Å². The molecule has 86 valence electrons. The molecule has 0 unspecified atom stereocenters. The van der Waals surface area contributed by atoms with Crippen molar-refractivity contribution in [2.45, 2.75) is 19.9 Å². The van der Waals surface area contributed by atoms with Crippen molar-refractivity contribution in [3.05, 3.63) is 17.5 Å². The zero-order valence-electron chi connectivity index (χ0n) is 9.02. The number of rotatable bonds is 2. The second kappa shape index (κ2) is 4.34. The molecule has 0 saturated carbocycles. The van der Waals surface area contributed by atoms with Gasteiger partial charge in [0.25, 0.3) is 0 Å². The number of aryl methyl sites for hydroxylation is 1. The van der Waals surface area contributed by atoms with E-state index in [0.717, 1.165) is 0 Å². The number of hydrogen-bond donors (Lipinski definition) is 1. The average Bonchev–Trinajstić information content (AvgIpc) is 2.59. The summed E-state index contributed by atoms with van der Waals surface area (Å²) in [5, 5.41) is 6.36. The molecule has 1 fully saturated rings. The number of amides is 2. The average molecular weight is 223 g/mol. The summed E-state index contributed by atoms with van der Waals surface area (Å²) in [5.74, 6) is 0.533. The second-order valence-corrected chi connectivity index (χ2v) is 3.77. The highest BCUT2D eigenvalue weighted by molar-refractivity contribution is 5.87. The predicted octanol–water partition coefficient (Wildman–Crippen LogP) is -0.168. The van der Waals surface area contributed by atoms with Crippen LogP contribution in [-0.4, -0.2) is 35.0 Å². The highest BCUT2D eigenvalue weighted by Crippen LogP contribution is 2.07. The lowest BCUT2D eigenvalue weighted by molar-refractivity contribution is -0.130. The molecule has 0 radical (unpaired) electrons. The molecule has 6 heteroatoms. The first kappa shape index (κ1) is 10.7. The van der Waals surface area contributed by atoms with E-state index in [9.17, 15) is 9.59 Å². The summed E-state index contributed by atoms with van der Waals surface area (Å²) < 4.78 is 4.92. The molecular weight excluding hydrogens is 210 g/mol. The van der Waals surface area contributed by atoms with Crippen LogP contribution in [0.5, 0.6) is 0 Å². The van der Waals surface area contributed by atoms with E-state index in [1.165, 1.54) is 0 Å². The van der Waals surface area contributed by atoms with Gasteiger partial charge in [0.1, 0.15) is 11.5 Å². The molecule has 1 N–H and O–H groups in total. The van der Waals surface area contributed by atoms with Crippen LogP contribution in [0.3, 0.4) is 0 Å². The smallest absolute Gasteiger partial charge is 0.242 e. The van der Waals surface area contributed by atoms with Crippen molar-refractivity contribution < 1.29 is 14.1 Å². The molecule has 2 heterocycles. The van der Waals surface area contributed by atoms with Gasteiger partial charge in [0, 0.05) is 19.0 Å². The van der Waals surface area contributed by atoms with Gasteiger partial charge >= 0.3 is 0 Å². The van der Waals surface area contributed by atoms with Crippen molar-refractivity contribution in [1.82, 2.24) is 15.4 Å². The fraction of sp³-hybridized carbons (Fsp3) is 0.500. The van der Waals surface area contributed by atoms with Crippen molar-refractivity contribution in [2.75, 3.05) is 13.1 Å². The third-order valence-electron chi connectivity index (χ3n) is 2.43. The second-order valence-electron chi connectivity index (χ2n) is 3.77. The normalized spacial score (nSPS) is 17.2. The highest BCUT2D eigenvalue weighted by Gasteiger charge is 2.20. The lowest BCUT2D eigenvalue weighted by Gasteiger charge is -2.17. The maximum Gasteiger partial charge on any atom is 0.242 e. The van der Waals surface area contributed by atoms with Gasteiger partial charge in [-0.2, -0.15) is 0 Å². The Morgan fingerprint density at radius 3 is 3.06 bits per heavy atom. The van der Waals surface area contributed by atoms with Crippen LogP contribution in [0, 0.1) is 6.92 Å². The molecule has 16 heavy (non-hydrogen) atoms. The molecule has 1 aromatic heterocycles. The van der Waals surface area contributed by atoms with Crippen LogP contribution in [0.1, 0.15) is 17.9 Å². The van der Waals surface area contributed by atoms with E-state index in [0.29, 0.717) is 31.0 Å². The molecule has 1 aliphatic rings. The van der Waals surface area contributed by atoms with Gasteiger partial charge in [0.05, 0.1) is 13.1 Å². The third-order valence-corrected chi connectivity index (χ3v) is 2.43. The van der Waals surface area contributed by atoms with Gasteiger partial charge in [0.2, 0.25) is 11.8 Å². The summed E-state index contributed by atoms with van der Waals surface area (Å²) in [5.41, 5.74) is 0.709. The summed E-state index contributed by atoms with van der Waals surface area (Å²) >= 11 is 0. The van der Waals surface area contributed by atoms with E-state index in [-0.39, 0.29) is 18.4 Å². The van der Waals surface area contributed by atoms with Crippen LogP contribution in [0.25, 0.3) is 0 Å². The fourth-order valence-electron chi connectivity index (χ4n) is 1.59. The number of aromatic nitrogens is 1. The first-order valence-corrected chi connectivity index (χ1v) is 5.12. The molecule has 1 aliphatic heterocycles. The maximum atomic E-state index is 11.6. The van der Waals surface area contributed by atoms with Crippen LogP contribution in [-0.2, 0) is 16.1 Å². The Kier molecular flexibility index (Phi) is 2.89. The summed E-state index contributed by atoms with van der Waals surface area (Å²) in [4.78, 5) is 24.3. The van der Waals surface area contributed by atoms with E-state index >= 15 is 0 Å². The first-order chi connectivity index (χ1) is 7.65. The first-order valence-electron chi connectivity index (χ1n) is 5.12. The van der Waals surface area contributed by atoms with Gasteiger partial charge in [-0.15, -0.1) is 0 Å². The number of nitrogens with zero attached hydrogens (tertiary/aromatic N) is 2. The Morgan fingerprint density at radius 1 is 1.56 bits per heavy atom. The molecule has 0 aromatic carbocycles. The van der Waals surface area contributed by atoms with E-state index in [1.807, 2.05) is 0 Å². The van der Waals surface area contributed by atoms with Crippen LogP contribution in [0.2, 0.25) is 0 Å². The quantitative estimate of drug-likeness (QED) is 0.755. The van der Waals surface area contributed by atoms with Gasteiger partial charge in [-0.05, 0) is 6.92 Å². The number of nitrogens with one attached hydrogen (secondary N) is 1. The Bertz CT molecular complexity index is 413. The fourth-order valence-corrected chi connectivity index (χ4v) is 1.59. The summed E-state index contributed by atoms with van der Waals surface area (Å²) in [6.07, 6.45) is 0.336. The molecule has 1 aromatic rings. The van der Waals surface area contributed by atoms with Crippen molar-refractivity contribution in [1.29, 1.82) is 0 Å². The van der Waals surface area contributed by atoms with Gasteiger partial charge < -0.3 is 14.7 Å². The third kappa shape index (κ3) is 2.39. The van der Waals surface area contributed by atoms with Crippen LogP contribution in [0.4, 0.5) is 0 Å². The van der Waals surface area contributed by atoms with Crippen molar-refractivity contribution in [3.63, 3.8) is 0 Å². The van der Waals surface area contributed by atoms with Crippen molar-refractivity contribution in [2.24, 2.45) is 0 Å². The van der Waals surface area contributed by atoms with E-state index in [2.05, 4.69) is 10.5 Å². The highest BCUT2D eigenvalue weighted by atomic mass is 16.5. The molecule has 6 nitrogen and oxygen atoms in total.